The van der Waals surface area contributed by atoms with Crippen LogP contribution in [-0.4, -0.2) is 49.2 Å². The number of ether oxygens (including phenoxy) is 2. The van der Waals surface area contributed by atoms with Crippen LogP contribution in [0.4, 0.5) is 0 Å². The number of rotatable bonds is 10. The van der Waals surface area contributed by atoms with Crippen LogP contribution in [0.15, 0.2) is 29.2 Å². The molecule has 0 radical (unpaired) electrons. The van der Waals surface area contributed by atoms with E-state index in [4.69, 9.17) is 20.3 Å². The Morgan fingerprint density at radius 1 is 1.10 bits per heavy atom. The Hall–Kier alpha value is -1.03. The van der Waals surface area contributed by atoms with Crippen LogP contribution in [0.25, 0.3) is 0 Å². The van der Waals surface area contributed by atoms with Crippen molar-refractivity contribution in [3.05, 3.63) is 24.3 Å². The van der Waals surface area contributed by atoms with E-state index in [9.17, 15) is 8.76 Å². The molecule has 114 valence electrons. The van der Waals surface area contributed by atoms with Crippen molar-refractivity contribution in [2.24, 2.45) is 5.73 Å². The highest BCUT2D eigenvalue weighted by Crippen LogP contribution is 2.17. The number of phenolic OH excluding ortho intramolecular Hbond substituents is 1. The van der Waals surface area contributed by atoms with E-state index in [1.54, 1.807) is 0 Å². The third kappa shape index (κ3) is 6.42. The van der Waals surface area contributed by atoms with Crippen LogP contribution >= 0.6 is 0 Å². The summed E-state index contributed by atoms with van der Waals surface area (Å²) in [5.74, 6) is 0.0461. The Morgan fingerprint density at radius 3 is 2.30 bits per heavy atom. The van der Waals surface area contributed by atoms with Crippen molar-refractivity contribution in [2.45, 2.75) is 4.90 Å². The first-order valence-corrected chi connectivity index (χ1v) is 7.73. The second-order valence-electron chi connectivity index (χ2n) is 3.93. The molecule has 0 aliphatic carbocycles. The normalized spacial score (nSPS) is 14.1. The van der Waals surface area contributed by atoms with Gasteiger partial charge in [-0.25, -0.2) is 0 Å². The van der Waals surface area contributed by atoms with Gasteiger partial charge in [-0.05, 0) is 16.3 Å². The predicted molar refractivity (Wildman–Crippen MR) is 75.7 cm³/mol. The predicted octanol–water partition coefficient (Wildman–Crippen LogP) is 0.220. The molecule has 1 atom stereocenters. The molecule has 0 heterocycles. The maximum Gasteiger partial charge on any atom is 0.323 e. The lowest BCUT2D eigenvalue weighted by Gasteiger charge is -2.07. The third-order valence-corrected chi connectivity index (χ3v) is 3.84. The first kappa shape index (κ1) is 17.0. The molecule has 8 heteroatoms. The monoisotopic (exact) mass is 305 g/mol. The maximum absolute atomic E-state index is 11.9. The fourth-order valence-electron chi connectivity index (χ4n) is 1.37. The first-order chi connectivity index (χ1) is 9.56. The molecular weight excluding hydrogens is 284 g/mol. The number of benzene rings is 1. The van der Waals surface area contributed by atoms with E-state index in [2.05, 4.69) is 4.72 Å². The summed E-state index contributed by atoms with van der Waals surface area (Å²) >= 11 is 0. The summed E-state index contributed by atoms with van der Waals surface area (Å²) in [5.41, 5.74) is 5.25. The van der Waals surface area contributed by atoms with Crippen molar-refractivity contribution >= 4 is 10.4 Å². The number of nitrogens with one attached hydrogen (secondary N) is 1. The van der Waals surface area contributed by atoms with Gasteiger partial charge in [-0.3, -0.25) is 0 Å². The van der Waals surface area contributed by atoms with Gasteiger partial charge in [0.25, 0.3) is 0 Å². The van der Waals surface area contributed by atoms with E-state index in [-0.39, 0.29) is 17.2 Å². The molecule has 0 saturated carbocycles. The standard InChI is InChI=1S/C12H20N2O5S/c13-5-7-18-9-10-19-8-6-14-20(16,17)12-3-1-11(15)2-4-12/h1-4H,5-10,13H2,(H2-,14,15,16,17)/p+1. The number of hydrogen-bond acceptors (Lipinski definition) is 5. The topological polar surface area (TPSA) is 114 Å². The van der Waals surface area contributed by atoms with Crippen molar-refractivity contribution in [3.8, 4) is 5.75 Å². The minimum absolute atomic E-state index is 0.0461. The Bertz CT molecular complexity index is 426. The van der Waals surface area contributed by atoms with Gasteiger partial charge in [-0.2, -0.15) is 4.55 Å². The van der Waals surface area contributed by atoms with Crippen molar-refractivity contribution < 1.29 is 23.3 Å². The van der Waals surface area contributed by atoms with Crippen LogP contribution in [-0.2, 0) is 24.1 Å². The highest BCUT2D eigenvalue weighted by Gasteiger charge is 2.28. The summed E-state index contributed by atoms with van der Waals surface area (Å²) in [4.78, 5) is 0.210. The summed E-state index contributed by atoms with van der Waals surface area (Å²) in [6.07, 6.45) is 0. The molecule has 0 aromatic heterocycles. The zero-order valence-corrected chi connectivity index (χ0v) is 12.0. The van der Waals surface area contributed by atoms with Crippen molar-refractivity contribution in [3.63, 3.8) is 0 Å². The average Bonchev–Trinajstić information content (AvgIpc) is 2.42. The molecule has 0 saturated heterocycles. The average molecular weight is 305 g/mol. The molecule has 0 aliphatic heterocycles. The second-order valence-corrected chi connectivity index (χ2v) is 5.74. The molecule has 1 unspecified atom stereocenters. The minimum atomic E-state index is -3.32. The van der Waals surface area contributed by atoms with Crippen molar-refractivity contribution in [2.75, 3.05) is 39.5 Å². The SMILES string of the molecule is NCCOCCOCCN[S+](=O)(O)c1ccc(O)cc1. The summed E-state index contributed by atoms with van der Waals surface area (Å²) in [6.45, 7) is 2.35. The lowest BCUT2D eigenvalue weighted by Crippen LogP contribution is -2.33. The Kier molecular flexibility index (Phi) is 7.67. The van der Waals surface area contributed by atoms with E-state index in [1.165, 1.54) is 24.3 Å². The molecule has 20 heavy (non-hydrogen) atoms. The van der Waals surface area contributed by atoms with E-state index in [1.807, 2.05) is 0 Å². The van der Waals surface area contributed by atoms with Gasteiger partial charge in [0.05, 0.1) is 33.0 Å². The quantitative estimate of drug-likeness (QED) is 0.363. The van der Waals surface area contributed by atoms with Crippen molar-refractivity contribution in [1.82, 2.24) is 4.72 Å². The van der Waals surface area contributed by atoms with Crippen LogP contribution in [0.1, 0.15) is 0 Å². The molecule has 0 amide bonds. The maximum atomic E-state index is 11.9. The molecule has 0 spiro atoms. The largest absolute Gasteiger partial charge is 0.508 e. The van der Waals surface area contributed by atoms with Gasteiger partial charge in [0.1, 0.15) is 5.75 Å². The molecule has 0 bridgehead atoms. The highest BCUT2D eigenvalue weighted by atomic mass is 32.3. The number of nitrogens with two attached hydrogens (primary N) is 1. The molecule has 1 rings (SSSR count). The Morgan fingerprint density at radius 2 is 1.70 bits per heavy atom. The summed E-state index contributed by atoms with van der Waals surface area (Å²) in [6, 6.07) is 5.51. The van der Waals surface area contributed by atoms with Gasteiger partial charge < -0.3 is 20.3 Å². The minimum Gasteiger partial charge on any atom is -0.508 e. The van der Waals surface area contributed by atoms with E-state index in [0.717, 1.165) is 0 Å². The molecular formula is C12H21N2O5S+. The first-order valence-electron chi connectivity index (χ1n) is 6.22. The number of hydrogen-bond donors (Lipinski definition) is 4. The summed E-state index contributed by atoms with van der Waals surface area (Å²) in [5, 5.41) is 9.12. The molecule has 1 aromatic carbocycles. The zero-order valence-electron chi connectivity index (χ0n) is 11.2. The van der Waals surface area contributed by atoms with Gasteiger partial charge in [0, 0.05) is 18.7 Å². The zero-order chi connectivity index (χ0) is 14.8. The third-order valence-electron chi connectivity index (χ3n) is 2.33. The van der Waals surface area contributed by atoms with Gasteiger partial charge in [0.2, 0.25) is 4.90 Å². The smallest absolute Gasteiger partial charge is 0.323 e. The van der Waals surface area contributed by atoms with Crippen LogP contribution in [0.5, 0.6) is 5.75 Å². The fraction of sp³-hybridized carbons (Fsp3) is 0.500. The fourth-order valence-corrected chi connectivity index (χ4v) is 2.40. The van der Waals surface area contributed by atoms with Crippen LogP contribution in [0, 0.1) is 0 Å². The lowest BCUT2D eigenvalue weighted by atomic mass is 10.3. The Balaban J connectivity index is 2.20. The highest BCUT2D eigenvalue weighted by molar-refractivity contribution is 7.95. The van der Waals surface area contributed by atoms with E-state index in [0.29, 0.717) is 33.0 Å². The molecule has 0 fully saturated rings. The lowest BCUT2D eigenvalue weighted by molar-refractivity contribution is 0.0529. The van der Waals surface area contributed by atoms with Gasteiger partial charge in [-0.1, -0.05) is 0 Å². The van der Waals surface area contributed by atoms with Crippen LogP contribution in [0.2, 0.25) is 0 Å². The van der Waals surface area contributed by atoms with Crippen molar-refractivity contribution in [1.29, 1.82) is 0 Å². The molecule has 7 nitrogen and oxygen atoms in total. The van der Waals surface area contributed by atoms with E-state index >= 15 is 0 Å². The van der Waals surface area contributed by atoms with Gasteiger partial charge in [-0.15, -0.1) is 4.72 Å². The van der Waals surface area contributed by atoms with E-state index < -0.39 is 10.4 Å². The molecule has 1 aromatic rings. The van der Waals surface area contributed by atoms with Crippen LogP contribution < -0.4 is 10.5 Å². The molecule has 5 N–H and O–H groups in total. The summed E-state index contributed by atoms with van der Waals surface area (Å²) in [7, 11) is -3.32. The molecule has 0 aliphatic rings. The Labute approximate surface area is 119 Å². The van der Waals surface area contributed by atoms with Crippen LogP contribution in [0.3, 0.4) is 0 Å². The summed E-state index contributed by atoms with van der Waals surface area (Å²) < 4.78 is 34.6. The number of phenols is 1. The number of aromatic hydroxyl groups is 1. The van der Waals surface area contributed by atoms with Gasteiger partial charge in [0.15, 0.2) is 0 Å². The van der Waals surface area contributed by atoms with Gasteiger partial charge >= 0.3 is 10.4 Å². The second kappa shape index (κ2) is 9.01.